The van der Waals surface area contributed by atoms with Gasteiger partial charge in [-0.05, 0) is 23.3 Å². The van der Waals surface area contributed by atoms with Crippen molar-refractivity contribution in [3.63, 3.8) is 0 Å². The predicted molar refractivity (Wildman–Crippen MR) is 116 cm³/mol. The van der Waals surface area contributed by atoms with E-state index in [1.165, 1.54) is 18.6 Å². The molecule has 2 aromatic carbocycles. The summed E-state index contributed by atoms with van der Waals surface area (Å²) in [7, 11) is 0. The van der Waals surface area contributed by atoms with Crippen molar-refractivity contribution in [3.8, 4) is 0 Å². The Labute approximate surface area is 182 Å². The van der Waals surface area contributed by atoms with Crippen LogP contribution in [-0.4, -0.2) is 55.6 Å². The Morgan fingerprint density at radius 2 is 1.87 bits per heavy atom. The largest absolute Gasteiger partial charge is 0.460 e. The molecule has 2 heterocycles. The van der Waals surface area contributed by atoms with Crippen molar-refractivity contribution in [3.05, 3.63) is 65.5 Å². The van der Waals surface area contributed by atoms with E-state index in [1.807, 2.05) is 24.3 Å². The molecule has 2 aliphatic rings. The maximum absolute atomic E-state index is 14.9. The number of piperazine rings is 1. The van der Waals surface area contributed by atoms with Gasteiger partial charge in [-0.15, -0.1) is 0 Å². The lowest BCUT2D eigenvalue weighted by molar-refractivity contribution is -0.142. The number of anilines is 1. The topological polar surface area (TPSA) is 61.9 Å². The Kier molecular flexibility index (Phi) is 6.51. The van der Waals surface area contributed by atoms with E-state index in [1.54, 1.807) is 6.07 Å². The average molecular weight is 426 g/mol. The first-order chi connectivity index (χ1) is 15.0. The fraction of sp³-hybridized carbons (Fsp3) is 0.417. The van der Waals surface area contributed by atoms with Gasteiger partial charge in [0.1, 0.15) is 11.9 Å². The Balaban J connectivity index is 1.35. The van der Waals surface area contributed by atoms with Crippen molar-refractivity contribution >= 4 is 17.6 Å². The lowest BCUT2D eigenvalue weighted by atomic mass is 9.95. The predicted octanol–water partition coefficient (Wildman–Crippen LogP) is 2.68. The minimum absolute atomic E-state index is 0.168. The van der Waals surface area contributed by atoms with Crippen LogP contribution in [0.5, 0.6) is 0 Å². The Morgan fingerprint density at radius 1 is 1.13 bits per heavy atom. The van der Waals surface area contributed by atoms with E-state index >= 15 is 0 Å². The third kappa shape index (κ3) is 5.22. The van der Waals surface area contributed by atoms with Crippen LogP contribution in [0.25, 0.3) is 0 Å². The standard InChI is InChI=1S/C24H28FN3O3/c1-17(29)26-15-20-14-21(24(30)31-20)19-7-8-23(22(25)13-19)28-11-9-27(10-12-28)16-18-5-3-2-4-6-18/h2-8,13,20-21H,9-12,14-16H2,1H3,(H,26,29)/t20?,21-/m1/s1. The van der Waals surface area contributed by atoms with Crippen molar-refractivity contribution in [2.75, 3.05) is 37.6 Å². The van der Waals surface area contributed by atoms with E-state index in [9.17, 15) is 14.0 Å². The van der Waals surface area contributed by atoms with E-state index in [2.05, 4.69) is 27.2 Å². The molecule has 0 spiro atoms. The fourth-order valence-corrected chi connectivity index (χ4v) is 4.29. The highest BCUT2D eigenvalue weighted by molar-refractivity contribution is 5.80. The summed E-state index contributed by atoms with van der Waals surface area (Å²) in [5, 5.41) is 2.66. The minimum Gasteiger partial charge on any atom is -0.460 e. The molecular weight excluding hydrogens is 397 g/mol. The molecule has 2 aliphatic heterocycles. The zero-order valence-electron chi connectivity index (χ0n) is 17.7. The summed E-state index contributed by atoms with van der Waals surface area (Å²) < 4.78 is 20.3. The number of cyclic esters (lactones) is 1. The molecule has 1 unspecified atom stereocenters. The summed E-state index contributed by atoms with van der Waals surface area (Å²) in [6.07, 6.45) is 0.0672. The molecule has 0 saturated carbocycles. The summed E-state index contributed by atoms with van der Waals surface area (Å²) >= 11 is 0. The summed E-state index contributed by atoms with van der Waals surface area (Å²) in [6, 6.07) is 15.4. The minimum atomic E-state index is -0.495. The van der Waals surface area contributed by atoms with E-state index in [-0.39, 0.29) is 30.3 Å². The SMILES string of the molecule is CC(=O)NCC1C[C@H](c2ccc(N3CCN(Cc4ccccc4)CC3)c(F)c2)C(=O)O1. The van der Waals surface area contributed by atoms with Crippen molar-refractivity contribution in [1.29, 1.82) is 0 Å². The number of amides is 1. The van der Waals surface area contributed by atoms with Gasteiger partial charge in [0.15, 0.2) is 0 Å². The smallest absolute Gasteiger partial charge is 0.313 e. The van der Waals surface area contributed by atoms with Crippen molar-refractivity contribution in [2.24, 2.45) is 0 Å². The van der Waals surface area contributed by atoms with E-state index in [0.29, 0.717) is 17.7 Å². The highest BCUT2D eigenvalue weighted by atomic mass is 19.1. The molecule has 31 heavy (non-hydrogen) atoms. The van der Waals surface area contributed by atoms with Crippen LogP contribution >= 0.6 is 0 Å². The maximum Gasteiger partial charge on any atom is 0.313 e. The third-order valence-corrected chi connectivity index (χ3v) is 5.98. The Morgan fingerprint density at radius 3 is 2.55 bits per heavy atom. The molecular formula is C24H28FN3O3. The normalized spacial score (nSPS) is 21.7. The first-order valence-corrected chi connectivity index (χ1v) is 10.7. The average Bonchev–Trinajstić information content (AvgIpc) is 3.14. The highest BCUT2D eigenvalue weighted by Gasteiger charge is 2.36. The van der Waals surface area contributed by atoms with E-state index in [0.717, 1.165) is 32.7 Å². The molecule has 0 aromatic heterocycles. The van der Waals surface area contributed by atoms with Gasteiger partial charge in [-0.1, -0.05) is 36.4 Å². The third-order valence-electron chi connectivity index (χ3n) is 5.98. The molecule has 0 aliphatic carbocycles. The van der Waals surface area contributed by atoms with Crippen LogP contribution in [-0.2, 0) is 20.9 Å². The van der Waals surface area contributed by atoms with Crippen LogP contribution in [0, 0.1) is 5.82 Å². The number of esters is 1. The zero-order valence-corrected chi connectivity index (χ0v) is 17.7. The second kappa shape index (κ2) is 9.47. The molecule has 0 radical (unpaired) electrons. The highest BCUT2D eigenvalue weighted by Crippen LogP contribution is 2.33. The lowest BCUT2D eigenvalue weighted by Crippen LogP contribution is -2.46. The number of hydrogen-bond acceptors (Lipinski definition) is 5. The van der Waals surface area contributed by atoms with Crippen molar-refractivity contribution < 1.29 is 18.7 Å². The van der Waals surface area contributed by atoms with Gasteiger partial charge in [0.05, 0.1) is 18.2 Å². The van der Waals surface area contributed by atoms with Gasteiger partial charge in [-0.3, -0.25) is 14.5 Å². The Bertz CT molecular complexity index is 929. The van der Waals surface area contributed by atoms with Crippen molar-refractivity contribution in [1.82, 2.24) is 10.2 Å². The van der Waals surface area contributed by atoms with Crippen LogP contribution in [0.3, 0.4) is 0 Å². The number of hydrogen-bond donors (Lipinski definition) is 1. The molecule has 1 N–H and O–H groups in total. The van der Waals surface area contributed by atoms with Gasteiger partial charge in [0, 0.05) is 46.1 Å². The van der Waals surface area contributed by atoms with E-state index in [4.69, 9.17) is 4.74 Å². The Hall–Kier alpha value is -2.93. The zero-order chi connectivity index (χ0) is 21.8. The summed E-state index contributed by atoms with van der Waals surface area (Å²) in [5.74, 6) is -1.34. The van der Waals surface area contributed by atoms with Crippen LogP contribution in [0.1, 0.15) is 30.4 Å². The van der Waals surface area contributed by atoms with Gasteiger partial charge in [-0.25, -0.2) is 4.39 Å². The fourth-order valence-electron chi connectivity index (χ4n) is 4.29. The first-order valence-electron chi connectivity index (χ1n) is 10.7. The number of benzene rings is 2. The van der Waals surface area contributed by atoms with Gasteiger partial charge in [0.2, 0.25) is 5.91 Å². The van der Waals surface area contributed by atoms with Crippen LogP contribution in [0.4, 0.5) is 10.1 Å². The van der Waals surface area contributed by atoms with E-state index < -0.39 is 5.92 Å². The molecule has 7 heteroatoms. The summed E-state index contributed by atoms with van der Waals surface area (Å²) in [5.41, 5.74) is 2.48. The van der Waals surface area contributed by atoms with Crippen LogP contribution in [0.2, 0.25) is 0 Å². The molecule has 4 rings (SSSR count). The molecule has 1 amide bonds. The van der Waals surface area contributed by atoms with Gasteiger partial charge < -0.3 is 15.0 Å². The molecule has 2 atom stereocenters. The number of rotatable bonds is 6. The number of nitrogens with one attached hydrogen (secondary N) is 1. The second-order valence-corrected chi connectivity index (χ2v) is 8.24. The van der Waals surface area contributed by atoms with Gasteiger partial charge in [-0.2, -0.15) is 0 Å². The molecule has 164 valence electrons. The molecule has 2 fully saturated rings. The summed E-state index contributed by atoms with van der Waals surface area (Å²) in [4.78, 5) is 27.7. The molecule has 2 saturated heterocycles. The number of ether oxygens (including phenoxy) is 1. The molecule has 6 nitrogen and oxygen atoms in total. The van der Waals surface area contributed by atoms with Crippen molar-refractivity contribution in [2.45, 2.75) is 31.9 Å². The monoisotopic (exact) mass is 425 g/mol. The maximum atomic E-state index is 14.9. The van der Waals surface area contributed by atoms with Crippen LogP contribution in [0.15, 0.2) is 48.5 Å². The quantitative estimate of drug-likeness (QED) is 0.721. The summed E-state index contributed by atoms with van der Waals surface area (Å²) in [6.45, 7) is 5.86. The number of nitrogens with zero attached hydrogens (tertiary/aromatic N) is 2. The number of halogens is 1. The molecule has 0 bridgehead atoms. The van der Waals surface area contributed by atoms with Gasteiger partial charge >= 0.3 is 5.97 Å². The second-order valence-electron chi connectivity index (χ2n) is 8.24. The lowest BCUT2D eigenvalue weighted by Gasteiger charge is -2.36. The first kappa shape index (κ1) is 21.3. The number of carbonyl (C=O) groups is 2. The van der Waals surface area contributed by atoms with Gasteiger partial charge in [0.25, 0.3) is 0 Å². The van der Waals surface area contributed by atoms with Crippen LogP contribution < -0.4 is 10.2 Å². The number of carbonyl (C=O) groups excluding carboxylic acids is 2. The molecule has 2 aromatic rings.